The molecule has 10 nitrogen and oxygen atoms in total. The largest absolute Gasteiger partial charge is 0.480 e. The van der Waals surface area contributed by atoms with Crippen LogP contribution in [-0.2, 0) is 37.9 Å². The number of imidazole rings is 1. The van der Waals surface area contributed by atoms with Crippen molar-refractivity contribution < 1.29 is 36.6 Å². The number of carboxylic acids is 1. The SMILES string of the molecule is CC(C)C(N)C(=O)NC(Cc1cnc[nH]1)C(=O)NC(CCCCN)C(=O)O.[Mn]. The average molecular weight is 437 g/mol. The maximum absolute atomic E-state index is 12.7. The van der Waals surface area contributed by atoms with E-state index in [0.29, 0.717) is 25.1 Å². The number of nitrogens with zero attached hydrogens (tertiary/aromatic N) is 1. The number of amides is 2. The molecule has 159 valence electrons. The van der Waals surface area contributed by atoms with Gasteiger partial charge in [-0.1, -0.05) is 13.8 Å². The Morgan fingerprint density at radius 1 is 1.18 bits per heavy atom. The van der Waals surface area contributed by atoms with Gasteiger partial charge in [0.1, 0.15) is 12.1 Å². The van der Waals surface area contributed by atoms with Crippen LogP contribution in [0, 0.1) is 5.92 Å². The van der Waals surface area contributed by atoms with Crippen LogP contribution in [0.2, 0.25) is 0 Å². The minimum atomic E-state index is -1.13. The van der Waals surface area contributed by atoms with Gasteiger partial charge in [0.25, 0.3) is 0 Å². The fourth-order valence-corrected chi connectivity index (χ4v) is 2.42. The maximum atomic E-state index is 12.7. The van der Waals surface area contributed by atoms with Crippen molar-refractivity contribution in [1.82, 2.24) is 20.6 Å². The zero-order valence-corrected chi connectivity index (χ0v) is 17.3. The summed E-state index contributed by atoms with van der Waals surface area (Å²) in [5, 5.41) is 14.4. The van der Waals surface area contributed by atoms with Crippen molar-refractivity contribution in [2.45, 2.75) is 57.7 Å². The monoisotopic (exact) mass is 437 g/mol. The van der Waals surface area contributed by atoms with Crippen LogP contribution in [-0.4, -0.2) is 57.5 Å². The Hall–Kier alpha value is -1.94. The molecule has 1 radical (unpaired) electrons. The number of carboxylic acid groups (broad SMARTS) is 1. The van der Waals surface area contributed by atoms with Crippen molar-refractivity contribution in [3.8, 4) is 0 Å². The molecule has 11 heteroatoms. The molecule has 1 aromatic rings. The van der Waals surface area contributed by atoms with E-state index in [4.69, 9.17) is 11.5 Å². The molecule has 28 heavy (non-hydrogen) atoms. The standard InChI is InChI=1S/C17H30N6O4.Mn/c1-10(2)14(19)16(25)23-13(7-11-8-20-9-21-11)15(24)22-12(17(26)27)5-3-4-6-18;/h8-10,12-14H,3-7,18-19H2,1-2H3,(H,20,21)(H,22,24)(H,23,25)(H,26,27);. The number of unbranched alkanes of at least 4 members (excludes halogenated alkanes) is 1. The first-order valence-corrected chi connectivity index (χ1v) is 9.02. The van der Waals surface area contributed by atoms with E-state index in [2.05, 4.69) is 20.6 Å². The van der Waals surface area contributed by atoms with Gasteiger partial charge in [-0.2, -0.15) is 0 Å². The van der Waals surface area contributed by atoms with Gasteiger partial charge in [0.05, 0.1) is 12.4 Å². The Kier molecular flexibility index (Phi) is 12.4. The normalized spacial score (nSPS) is 13.9. The molecule has 8 N–H and O–H groups in total. The van der Waals surface area contributed by atoms with Crippen molar-refractivity contribution in [3.05, 3.63) is 18.2 Å². The second-order valence-electron chi connectivity index (χ2n) is 6.80. The Balaban J connectivity index is 0.00000729. The molecule has 0 spiro atoms. The number of hydrogen-bond acceptors (Lipinski definition) is 6. The van der Waals surface area contributed by atoms with Crippen molar-refractivity contribution in [2.75, 3.05) is 6.54 Å². The molecule has 0 aromatic carbocycles. The minimum absolute atomic E-state index is 0. The summed E-state index contributed by atoms with van der Waals surface area (Å²) in [6, 6.07) is -2.80. The Bertz CT molecular complexity index is 611. The molecule has 0 bridgehead atoms. The third-order valence-electron chi connectivity index (χ3n) is 4.19. The van der Waals surface area contributed by atoms with Crippen LogP contribution in [0.4, 0.5) is 0 Å². The topological polar surface area (TPSA) is 176 Å². The molecular formula is C17H30MnN6O4. The molecule has 1 rings (SSSR count). The number of hydrogen-bond donors (Lipinski definition) is 6. The van der Waals surface area contributed by atoms with Crippen LogP contribution >= 0.6 is 0 Å². The average Bonchev–Trinajstić information content (AvgIpc) is 3.12. The van der Waals surface area contributed by atoms with E-state index in [1.165, 1.54) is 12.5 Å². The van der Waals surface area contributed by atoms with E-state index in [0.717, 1.165) is 0 Å². The maximum Gasteiger partial charge on any atom is 0.326 e. The van der Waals surface area contributed by atoms with Gasteiger partial charge < -0.3 is 32.2 Å². The van der Waals surface area contributed by atoms with Crippen LogP contribution in [0.5, 0.6) is 0 Å². The number of H-pyrrole nitrogens is 1. The zero-order valence-electron chi connectivity index (χ0n) is 16.2. The molecule has 3 unspecified atom stereocenters. The Morgan fingerprint density at radius 2 is 1.82 bits per heavy atom. The van der Waals surface area contributed by atoms with Crippen molar-refractivity contribution in [1.29, 1.82) is 0 Å². The molecule has 2 amide bonds. The van der Waals surface area contributed by atoms with Crippen LogP contribution in [0.25, 0.3) is 0 Å². The van der Waals surface area contributed by atoms with E-state index in [-0.39, 0.29) is 35.8 Å². The van der Waals surface area contributed by atoms with E-state index in [1.54, 1.807) is 13.8 Å². The first kappa shape index (κ1) is 26.1. The van der Waals surface area contributed by atoms with Gasteiger partial charge in [0.15, 0.2) is 0 Å². The summed E-state index contributed by atoms with van der Waals surface area (Å²) in [6.45, 7) is 4.05. The molecule has 0 aliphatic heterocycles. The second-order valence-corrected chi connectivity index (χ2v) is 6.80. The summed E-state index contributed by atoms with van der Waals surface area (Å²) in [5.41, 5.74) is 11.9. The molecular weight excluding hydrogens is 407 g/mol. The summed E-state index contributed by atoms with van der Waals surface area (Å²) < 4.78 is 0. The summed E-state index contributed by atoms with van der Waals surface area (Å²) >= 11 is 0. The van der Waals surface area contributed by atoms with Crippen molar-refractivity contribution in [3.63, 3.8) is 0 Å². The molecule has 1 heterocycles. The number of carbonyl (C=O) groups excluding carboxylic acids is 2. The number of carbonyl (C=O) groups is 3. The molecule has 0 aliphatic rings. The van der Waals surface area contributed by atoms with Gasteiger partial charge in [-0.15, -0.1) is 0 Å². The quantitative estimate of drug-likeness (QED) is 0.182. The Labute approximate surface area is 175 Å². The van der Waals surface area contributed by atoms with E-state index in [9.17, 15) is 19.5 Å². The molecule has 0 saturated heterocycles. The molecule has 0 fully saturated rings. The first-order chi connectivity index (χ1) is 12.8. The predicted octanol–water partition coefficient (Wildman–Crippen LogP) is -0.884. The van der Waals surface area contributed by atoms with Gasteiger partial charge in [-0.25, -0.2) is 9.78 Å². The van der Waals surface area contributed by atoms with Gasteiger partial charge >= 0.3 is 5.97 Å². The molecule has 0 saturated carbocycles. The number of aromatic nitrogens is 2. The number of nitrogens with two attached hydrogens (primary N) is 2. The fraction of sp³-hybridized carbons (Fsp3) is 0.647. The zero-order chi connectivity index (χ0) is 20.4. The molecule has 3 atom stereocenters. The molecule has 0 aliphatic carbocycles. The third-order valence-corrected chi connectivity index (χ3v) is 4.19. The van der Waals surface area contributed by atoms with E-state index < -0.39 is 35.9 Å². The van der Waals surface area contributed by atoms with Gasteiger partial charge in [-0.3, -0.25) is 9.59 Å². The van der Waals surface area contributed by atoms with E-state index in [1.807, 2.05) is 0 Å². The van der Waals surface area contributed by atoms with Crippen LogP contribution < -0.4 is 22.1 Å². The first-order valence-electron chi connectivity index (χ1n) is 9.02. The molecule has 1 aromatic heterocycles. The van der Waals surface area contributed by atoms with Crippen molar-refractivity contribution >= 4 is 17.8 Å². The smallest absolute Gasteiger partial charge is 0.326 e. The second kappa shape index (κ2) is 13.3. The van der Waals surface area contributed by atoms with E-state index >= 15 is 0 Å². The Morgan fingerprint density at radius 3 is 2.32 bits per heavy atom. The van der Waals surface area contributed by atoms with Crippen LogP contribution in [0.3, 0.4) is 0 Å². The van der Waals surface area contributed by atoms with Gasteiger partial charge in [0, 0.05) is 35.4 Å². The number of aromatic amines is 1. The summed E-state index contributed by atoms with van der Waals surface area (Å²) in [4.78, 5) is 43.1. The number of aliphatic carboxylic acids is 1. The number of rotatable bonds is 12. The summed E-state index contributed by atoms with van der Waals surface area (Å²) in [7, 11) is 0. The fourth-order valence-electron chi connectivity index (χ4n) is 2.42. The van der Waals surface area contributed by atoms with Crippen LogP contribution in [0.1, 0.15) is 38.8 Å². The van der Waals surface area contributed by atoms with Gasteiger partial charge in [-0.05, 0) is 31.7 Å². The summed E-state index contributed by atoms with van der Waals surface area (Å²) in [6.07, 6.45) is 4.62. The van der Waals surface area contributed by atoms with Crippen LogP contribution in [0.15, 0.2) is 12.5 Å². The number of nitrogens with one attached hydrogen (secondary N) is 3. The minimum Gasteiger partial charge on any atom is -0.480 e. The van der Waals surface area contributed by atoms with Crippen molar-refractivity contribution in [2.24, 2.45) is 17.4 Å². The van der Waals surface area contributed by atoms with Gasteiger partial charge in [0.2, 0.25) is 11.8 Å². The summed E-state index contributed by atoms with van der Waals surface area (Å²) in [5.74, 6) is -2.30. The third kappa shape index (κ3) is 8.83. The predicted molar refractivity (Wildman–Crippen MR) is 99.5 cm³/mol.